The zero-order valence-corrected chi connectivity index (χ0v) is 17.5. The summed E-state index contributed by atoms with van der Waals surface area (Å²) in [5.74, 6) is -0.129. The summed E-state index contributed by atoms with van der Waals surface area (Å²) in [6.07, 6.45) is 1.18. The van der Waals surface area contributed by atoms with Crippen molar-refractivity contribution in [1.82, 2.24) is 14.7 Å². The van der Waals surface area contributed by atoms with Gasteiger partial charge in [0.1, 0.15) is 5.75 Å². The highest BCUT2D eigenvalue weighted by molar-refractivity contribution is 6.31. The molecule has 28 heavy (non-hydrogen) atoms. The third kappa shape index (κ3) is 5.51. The van der Waals surface area contributed by atoms with E-state index in [0.717, 1.165) is 0 Å². The number of benzene rings is 1. The molecule has 1 fully saturated rings. The molecule has 0 radical (unpaired) electrons. The van der Waals surface area contributed by atoms with Crippen molar-refractivity contribution in [2.24, 2.45) is 5.92 Å². The van der Waals surface area contributed by atoms with Crippen molar-refractivity contribution in [3.63, 3.8) is 0 Å². The second-order valence-electron chi connectivity index (χ2n) is 7.03. The lowest BCUT2D eigenvalue weighted by Crippen LogP contribution is -2.47. The number of carbonyl (C=O) groups is 3. The Morgan fingerprint density at radius 3 is 2.43 bits per heavy atom. The van der Waals surface area contributed by atoms with Gasteiger partial charge in [0.05, 0.1) is 19.3 Å². The Kier molecular flexibility index (Phi) is 7.51. The number of ether oxygens (including phenoxy) is 1. The molecule has 2 rings (SSSR count). The van der Waals surface area contributed by atoms with Crippen molar-refractivity contribution < 1.29 is 19.1 Å². The van der Waals surface area contributed by atoms with Gasteiger partial charge in [0.25, 0.3) is 0 Å². The van der Waals surface area contributed by atoms with E-state index in [1.54, 1.807) is 44.2 Å². The number of carbonyl (C=O) groups excluding carboxylic acids is 3. The normalized spacial score (nSPS) is 14.4. The topological polar surface area (TPSA) is 82.2 Å². The maximum atomic E-state index is 12.7. The molecule has 154 valence electrons. The Labute approximate surface area is 170 Å². The summed E-state index contributed by atoms with van der Waals surface area (Å²) in [5.41, 5.74) is 0.455. The van der Waals surface area contributed by atoms with E-state index in [0.29, 0.717) is 42.4 Å². The molecular formula is C19H27ClN4O4. The van der Waals surface area contributed by atoms with Gasteiger partial charge >= 0.3 is 6.03 Å². The fourth-order valence-corrected chi connectivity index (χ4v) is 3.35. The highest BCUT2D eigenvalue weighted by Gasteiger charge is 2.30. The summed E-state index contributed by atoms with van der Waals surface area (Å²) in [7, 11) is 6.53. The molecule has 0 unspecified atom stereocenters. The molecule has 0 bridgehead atoms. The van der Waals surface area contributed by atoms with E-state index in [2.05, 4.69) is 5.32 Å². The Hall–Kier alpha value is -2.48. The van der Waals surface area contributed by atoms with Crippen LogP contribution in [0.15, 0.2) is 18.2 Å². The van der Waals surface area contributed by atoms with Crippen molar-refractivity contribution in [3.05, 3.63) is 23.2 Å². The first-order chi connectivity index (χ1) is 13.2. The molecule has 0 saturated carbocycles. The van der Waals surface area contributed by atoms with E-state index in [9.17, 15) is 14.4 Å². The summed E-state index contributed by atoms with van der Waals surface area (Å²) in [6, 6.07) is 4.88. The van der Waals surface area contributed by atoms with Gasteiger partial charge < -0.3 is 24.8 Å². The van der Waals surface area contributed by atoms with Crippen LogP contribution < -0.4 is 10.1 Å². The van der Waals surface area contributed by atoms with Gasteiger partial charge in [-0.05, 0) is 31.0 Å². The van der Waals surface area contributed by atoms with Gasteiger partial charge in [-0.2, -0.15) is 0 Å². The second-order valence-corrected chi connectivity index (χ2v) is 7.46. The molecular weight excluding hydrogens is 384 g/mol. The number of urea groups is 1. The van der Waals surface area contributed by atoms with Gasteiger partial charge in [-0.1, -0.05) is 11.6 Å². The Balaban J connectivity index is 1.88. The molecule has 1 aromatic carbocycles. The van der Waals surface area contributed by atoms with Crippen LogP contribution in [-0.4, -0.2) is 80.4 Å². The predicted molar refractivity (Wildman–Crippen MR) is 108 cm³/mol. The lowest BCUT2D eigenvalue weighted by Gasteiger charge is -2.34. The molecule has 0 atom stereocenters. The third-order valence-electron chi connectivity index (χ3n) is 4.69. The van der Waals surface area contributed by atoms with E-state index in [4.69, 9.17) is 16.3 Å². The van der Waals surface area contributed by atoms with E-state index >= 15 is 0 Å². The summed E-state index contributed by atoms with van der Waals surface area (Å²) in [6.45, 7) is 0.992. The maximum Gasteiger partial charge on any atom is 0.319 e. The van der Waals surface area contributed by atoms with Gasteiger partial charge in [0.15, 0.2) is 0 Å². The van der Waals surface area contributed by atoms with Crippen LogP contribution >= 0.6 is 11.6 Å². The number of nitrogens with one attached hydrogen (secondary N) is 1. The molecule has 1 saturated heterocycles. The molecule has 1 N–H and O–H groups in total. The summed E-state index contributed by atoms with van der Waals surface area (Å²) < 4.78 is 5.21. The third-order valence-corrected chi connectivity index (χ3v) is 4.93. The minimum absolute atomic E-state index is 0.0471. The van der Waals surface area contributed by atoms with E-state index in [-0.39, 0.29) is 30.3 Å². The predicted octanol–water partition coefficient (Wildman–Crippen LogP) is 2.14. The molecule has 1 heterocycles. The fraction of sp³-hybridized carbons (Fsp3) is 0.526. The van der Waals surface area contributed by atoms with Crippen LogP contribution in [0, 0.1) is 5.92 Å². The van der Waals surface area contributed by atoms with Crippen molar-refractivity contribution >= 4 is 35.1 Å². The summed E-state index contributed by atoms with van der Waals surface area (Å²) in [5, 5.41) is 3.20. The number of methoxy groups -OCH3 is 1. The van der Waals surface area contributed by atoms with Crippen molar-refractivity contribution in [2.45, 2.75) is 12.8 Å². The van der Waals surface area contributed by atoms with Gasteiger partial charge in [-0.3, -0.25) is 9.59 Å². The number of hydrogen-bond acceptors (Lipinski definition) is 4. The molecule has 4 amide bonds. The molecule has 1 aromatic rings. The Morgan fingerprint density at radius 2 is 1.86 bits per heavy atom. The van der Waals surface area contributed by atoms with Crippen LogP contribution in [0.4, 0.5) is 10.5 Å². The molecule has 0 aliphatic carbocycles. The maximum absolute atomic E-state index is 12.7. The van der Waals surface area contributed by atoms with Crippen LogP contribution in [-0.2, 0) is 9.59 Å². The van der Waals surface area contributed by atoms with Gasteiger partial charge in [0, 0.05) is 45.2 Å². The second kappa shape index (κ2) is 9.64. The van der Waals surface area contributed by atoms with Crippen molar-refractivity contribution in [1.29, 1.82) is 0 Å². The van der Waals surface area contributed by atoms with Crippen LogP contribution in [0.5, 0.6) is 5.75 Å². The number of amides is 4. The average molecular weight is 411 g/mol. The first-order valence-electron chi connectivity index (χ1n) is 9.07. The van der Waals surface area contributed by atoms with Crippen LogP contribution in [0.25, 0.3) is 0 Å². The van der Waals surface area contributed by atoms with Crippen LogP contribution in [0.3, 0.4) is 0 Å². The Morgan fingerprint density at radius 1 is 1.21 bits per heavy atom. The lowest BCUT2D eigenvalue weighted by molar-refractivity contribution is -0.138. The SMILES string of the molecule is COc1ccc(Cl)cc1NC(=O)CN(C)C(=O)C1CCN(C(=O)N(C)C)CC1. The molecule has 1 aliphatic heterocycles. The van der Waals surface area contributed by atoms with Gasteiger partial charge in [-0.15, -0.1) is 0 Å². The smallest absolute Gasteiger partial charge is 0.319 e. The average Bonchev–Trinajstić information content (AvgIpc) is 2.66. The van der Waals surface area contributed by atoms with E-state index in [1.165, 1.54) is 16.9 Å². The highest BCUT2D eigenvalue weighted by atomic mass is 35.5. The standard InChI is InChI=1S/C19H27ClN4O4/c1-22(2)19(27)24-9-7-13(8-10-24)18(26)23(3)12-17(25)21-15-11-14(20)5-6-16(15)28-4/h5-6,11,13H,7-10,12H2,1-4H3,(H,21,25). The monoisotopic (exact) mass is 410 g/mol. The highest BCUT2D eigenvalue weighted by Crippen LogP contribution is 2.27. The zero-order chi connectivity index (χ0) is 20.8. The molecule has 8 nitrogen and oxygen atoms in total. The quantitative estimate of drug-likeness (QED) is 0.806. The zero-order valence-electron chi connectivity index (χ0n) is 16.7. The summed E-state index contributed by atoms with van der Waals surface area (Å²) >= 11 is 5.97. The molecule has 0 spiro atoms. The van der Waals surface area contributed by atoms with Gasteiger partial charge in [0.2, 0.25) is 11.8 Å². The van der Waals surface area contributed by atoms with Crippen molar-refractivity contribution in [2.75, 3.05) is 53.2 Å². The first-order valence-corrected chi connectivity index (χ1v) is 9.45. The number of hydrogen-bond donors (Lipinski definition) is 1. The van der Waals surface area contributed by atoms with E-state index in [1.807, 2.05) is 0 Å². The minimum atomic E-state index is -0.336. The van der Waals surface area contributed by atoms with Crippen LogP contribution in [0.2, 0.25) is 5.02 Å². The first kappa shape index (κ1) is 21.8. The number of rotatable bonds is 5. The minimum Gasteiger partial charge on any atom is -0.495 e. The number of likely N-dealkylation sites (N-methyl/N-ethyl adjacent to an activating group) is 1. The summed E-state index contributed by atoms with van der Waals surface area (Å²) in [4.78, 5) is 41.7. The van der Waals surface area contributed by atoms with Crippen LogP contribution in [0.1, 0.15) is 12.8 Å². The largest absolute Gasteiger partial charge is 0.495 e. The number of nitrogens with zero attached hydrogens (tertiary/aromatic N) is 3. The van der Waals surface area contributed by atoms with Gasteiger partial charge in [-0.25, -0.2) is 4.79 Å². The number of piperidine rings is 1. The van der Waals surface area contributed by atoms with Crippen molar-refractivity contribution in [3.8, 4) is 5.75 Å². The number of halogens is 1. The number of anilines is 1. The fourth-order valence-electron chi connectivity index (χ4n) is 3.17. The molecule has 1 aliphatic rings. The Bertz CT molecular complexity index is 733. The number of likely N-dealkylation sites (tertiary alicyclic amines) is 1. The molecule has 9 heteroatoms. The lowest BCUT2D eigenvalue weighted by atomic mass is 9.95. The molecule has 0 aromatic heterocycles. The van der Waals surface area contributed by atoms with E-state index < -0.39 is 0 Å².